The van der Waals surface area contributed by atoms with Crippen molar-refractivity contribution in [1.29, 1.82) is 0 Å². The van der Waals surface area contributed by atoms with Crippen molar-refractivity contribution in [3.8, 4) is 0 Å². The van der Waals surface area contributed by atoms with Crippen LogP contribution >= 0.6 is 0 Å². The molecular weight excluding hydrogens is 264 g/mol. The average molecular weight is 301 g/mol. The maximum atomic E-state index is 9.83. The minimum absolute atomic E-state index is 0.141. The molecule has 0 spiro atoms. The van der Waals surface area contributed by atoms with Gasteiger partial charge >= 0.3 is 0 Å². The fourth-order valence-electron chi connectivity index (χ4n) is 2.91. The van der Waals surface area contributed by atoms with Gasteiger partial charge in [-0.25, -0.2) is 0 Å². The van der Waals surface area contributed by atoms with E-state index in [1.54, 1.807) is 0 Å². The highest BCUT2D eigenvalue weighted by molar-refractivity contribution is 6.74. The minimum Gasteiger partial charge on any atom is -0.413 e. The molecule has 120 valence electrons. The van der Waals surface area contributed by atoms with Crippen LogP contribution < -0.4 is 0 Å². The van der Waals surface area contributed by atoms with Crippen molar-refractivity contribution in [2.45, 2.75) is 91.0 Å². The van der Waals surface area contributed by atoms with Crippen LogP contribution in [0.25, 0.3) is 0 Å². The monoisotopic (exact) mass is 300 g/mol. The van der Waals surface area contributed by atoms with E-state index in [0.29, 0.717) is 5.92 Å². The van der Waals surface area contributed by atoms with Gasteiger partial charge in [0.05, 0.1) is 12.7 Å². The summed E-state index contributed by atoms with van der Waals surface area (Å²) >= 11 is 0. The molecule has 1 saturated carbocycles. The van der Waals surface area contributed by atoms with E-state index in [0.717, 1.165) is 0 Å². The van der Waals surface area contributed by atoms with Gasteiger partial charge in [0.1, 0.15) is 0 Å². The molecule has 3 heteroatoms. The largest absolute Gasteiger partial charge is 0.413 e. The Kier molecular flexibility index (Phi) is 5.90. The topological polar surface area (TPSA) is 29.5 Å². The van der Waals surface area contributed by atoms with E-state index in [9.17, 15) is 5.11 Å². The molecule has 0 radical (unpaired) electrons. The smallest absolute Gasteiger partial charge is 0.192 e. The molecule has 0 saturated heterocycles. The lowest BCUT2D eigenvalue weighted by Crippen LogP contribution is -2.51. The second kappa shape index (κ2) is 6.49. The highest BCUT2D eigenvalue weighted by Crippen LogP contribution is 2.43. The summed E-state index contributed by atoms with van der Waals surface area (Å²) in [6.45, 7) is 16.1. The molecule has 2 nitrogen and oxygen atoms in total. The summed E-state index contributed by atoms with van der Waals surface area (Å²) in [6.07, 6.45) is 6.75. The number of aliphatic hydroxyl groups excluding tert-OH is 1. The molecule has 0 aromatic carbocycles. The van der Waals surface area contributed by atoms with Crippen molar-refractivity contribution in [2.75, 3.05) is 6.61 Å². The standard InChI is InChI=1S/C17H36O2Si/c1-16(2,3)20(6,7)19-15(17(4,5)13-18)14-11-9-8-10-12-14/h14-15,18H,8-13H2,1-7H3. The summed E-state index contributed by atoms with van der Waals surface area (Å²) in [5, 5.41) is 10.1. The number of aliphatic hydroxyl groups is 1. The van der Waals surface area contributed by atoms with E-state index in [2.05, 4.69) is 47.7 Å². The third kappa shape index (κ3) is 4.31. The van der Waals surface area contributed by atoms with E-state index in [1.807, 2.05) is 0 Å². The van der Waals surface area contributed by atoms with Crippen LogP contribution in [-0.2, 0) is 4.43 Å². The highest BCUT2D eigenvalue weighted by atomic mass is 28.4. The fourth-order valence-corrected chi connectivity index (χ4v) is 4.41. The Hall–Kier alpha value is 0.137. The van der Waals surface area contributed by atoms with Gasteiger partial charge in [0.2, 0.25) is 0 Å². The van der Waals surface area contributed by atoms with Crippen molar-refractivity contribution < 1.29 is 9.53 Å². The molecule has 0 bridgehead atoms. The third-order valence-corrected chi connectivity index (χ3v) is 9.94. The van der Waals surface area contributed by atoms with Crippen molar-refractivity contribution >= 4 is 8.32 Å². The van der Waals surface area contributed by atoms with Crippen LogP contribution in [0.2, 0.25) is 18.1 Å². The summed E-state index contributed by atoms with van der Waals surface area (Å²) in [6, 6.07) is 0. The van der Waals surface area contributed by atoms with Gasteiger partial charge in [-0.15, -0.1) is 0 Å². The molecule has 1 aliphatic rings. The van der Waals surface area contributed by atoms with E-state index in [-0.39, 0.29) is 23.2 Å². The maximum absolute atomic E-state index is 9.83. The molecule has 1 fully saturated rings. The fraction of sp³-hybridized carbons (Fsp3) is 1.00. The Labute approximate surface area is 127 Å². The van der Waals surface area contributed by atoms with Crippen LogP contribution in [0.5, 0.6) is 0 Å². The molecule has 0 aromatic rings. The van der Waals surface area contributed by atoms with Gasteiger partial charge in [0.15, 0.2) is 8.32 Å². The Bertz CT molecular complexity index is 299. The van der Waals surface area contributed by atoms with E-state index in [1.165, 1.54) is 32.1 Å². The summed E-state index contributed by atoms with van der Waals surface area (Å²) < 4.78 is 6.78. The summed E-state index contributed by atoms with van der Waals surface area (Å²) in [7, 11) is -1.79. The van der Waals surface area contributed by atoms with Crippen LogP contribution in [0.3, 0.4) is 0 Å². The first-order valence-electron chi connectivity index (χ1n) is 8.30. The van der Waals surface area contributed by atoms with Crippen molar-refractivity contribution in [3.05, 3.63) is 0 Å². The van der Waals surface area contributed by atoms with Crippen LogP contribution in [0, 0.1) is 11.3 Å². The Morgan fingerprint density at radius 3 is 1.95 bits per heavy atom. The minimum atomic E-state index is -1.79. The summed E-state index contributed by atoms with van der Waals surface area (Å²) in [4.78, 5) is 0. The van der Waals surface area contributed by atoms with Gasteiger partial charge in [-0.05, 0) is 36.9 Å². The summed E-state index contributed by atoms with van der Waals surface area (Å²) in [5.41, 5.74) is -0.141. The van der Waals surface area contributed by atoms with Crippen LogP contribution in [0.4, 0.5) is 0 Å². The zero-order chi connectivity index (χ0) is 15.6. The number of hydrogen-bond donors (Lipinski definition) is 1. The van der Waals surface area contributed by atoms with Gasteiger partial charge < -0.3 is 9.53 Å². The molecule has 0 aromatic heterocycles. The first kappa shape index (κ1) is 18.2. The predicted octanol–water partition coefficient (Wildman–Crippen LogP) is 4.98. The SMILES string of the molecule is CC(C)(CO)C(O[Si](C)(C)C(C)(C)C)C1CCCCC1. The molecule has 0 heterocycles. The normalized spacial score (nSPS) is 21.0. The van der Waals surface area contributed by atoms with E-state index >= 15 is 0 Å². The zero-order valence-electron chi connectivity index (χ0n) is 14.8. The Balaban J connectivity index is 2.94. The molecule has 1 unspecified atom stereocenters. The molecule has 1 atom stereocenters. The van der Waals surface area contributed by atoms with Crippen LogP contribution in [0.15, 0.2) is 0 Å². The highest BCUT2D eigenvalue weighted by Gasteiger charge is 2.45. The van der Waals surface area contributed by atoms with E-state index in [4.69, 9.17) is 4.43 Å². The maximum Gasteiger partial charge on any atom is 0.192 e. The lowest BCUT2D eigenvalue weighted by Gasteiger charge is -2.47. The summed E-state index contributed by atoms with van der Waals surface area (Å²) in [5.74, 6) is 0.625. The molecule has 0 amide bonds. The first-order valence-corrected chi connectivity index (χ1v) is 11.2. The second-order valence-electron chi connectivity index (χ2n) is 8.84. The Morgan fingerprint density at radius 2 is 1.55 bits per heavy atom. The van der Waals surface area contributed by atoms with Crippen LogP contribution in [-0.4, -0.2) is 26.1 Å². The Morgan fingerprint density at radius 1 is 1.05 bits per heavy atom. The molecule has 0 aliphatic heterocycles. The van der Waals surface area contributed by atoms with Crippen molar-refractivity contribution in [1.82, 2.24) is 0 Å². The molecule has 1 aliphatic carbocycles. The molecular formula is C17H36O2Si. The first-order chi connectivity index (χ1) is 9.01. The quantitative estimate of drug-likeness (QED) is 0.726. The second-order valence-corrected chi connectivity index (χ2v) is 13.6. The van der Waals surface area contributed by atoms with Gasteiger partial charge in [0, 0.05) is 5.41 Å². The van der Waals surface area contributed by atoms with Gasteiger partial charge in [0.25, 0.3) is 0 Å². The average Bonchev–Trinajstić information content (AvgIpc) is 2.35. The molecule has 1 rings (SSSR count). The van der Waals surface area contributed by atoms with Gasteiger partial charge in [-0.3, -0.25) is 0 Å². The van der Waals surface area contributed by atoms with Crippen molar-refractivity contribution in [3.63, 3.8) is 0 Å². The van der Waals surface area contributed by atoms with Gasteiger partial charge in [-0.2, -0.15) is 0 Å². The lowest BCUT2D eigenvalue weighted by atomic mass is 9.74. The predicted molar refractivity (Wildman–Crippen MR) is 89.5 cm³/mol. The molecule has 20 heavy (non-hydrogen) atoms. The third-order valence-electron chi connectivity index (χ3n) is 5.48. The van der Waals surface area contributed by atoms with Gasteiger partial charge in [-0.1, -0.05) is 53.9 Å². The number of hydrogen-bond acceptors (Lipinski definition) is 2. The zero-order valence-corrected chi connectivity index (χ0v) is 15.8. The number of rotatable bonds is 5. The van der Waals surface area contributed by atoms with Crippen LogP contribution in [0.1, 0.15) is 66.7 Å². The lowest BCUT2D eigenvalue weighted by molar-refractivity contribution is -0.0304. The van der Waals surface area contributed by atoms with E-state index < -0.39 is 8.32 Å². The van der Waals surface area contributed by atoms with Crippen molar-refractivity contribution in [2.24, 2.45) is 11.3 Å². The molecule has 1 N–H and O–H groups in total.